The summed E-state index contributed by atoms with van der Waals surface area (Å²) in [7, 11) is 1.85. The minimum Gasteiger partial charge on any atom is -0.291 e. The molecule has 3 aromatic rings. The smallest absolute Gasteiger partial charge is 0.291 e. The highest BCUT2D eigenvalue weighted by molar-refractivity contribution is 7.15. The van der Waals surface area contributed by atoms with Crippen LogP contribution in [0.3, 0.4) is 0 Å². The molecule has 0 atom stereocenters. The fourth-order valence-electron chi connectivity index (χ4n) is 2.18. The zero-order chi connectivity index (χ0) is 16.4. The Morgan fingerprint density at radius 2 is 1.91 bits per heavy atom. The first-order chi connectivity index (χ1) is 11.0. The summed E-state index contributed by atoms with van der Waals surface area (Å²) in [5.74, 6) is 0.494. The average molecular weight is 327 g/mol. The number of urea groups is 1. The van der Waals surface area contributed by atoms with Crippen LogP contribution in [0.4, 0.5) is 15.7 Å². The molecule has 23 heavy (non-hydrogen) atoms. The van der Waals surface area contributed by atoms with E-state index in [2.05, 4.69) is 20.7 Å². The molecule has 3 rings (SSSR count). The number of hydrogen-bond donors (Lipinski definition) is 2. The van der Waals surface area contributed by atoms with Gasteiger partial charge in [0.2, 0.25) is 0 Å². The number of nitrogens with zero attached hydrogens (tertiary/aromatic N) is 3. The molecule has 0 aliphatic carbocycles. The van der Waals surface area contributed by atoms with Gasteiger partial charge in [0.25, 0.3) is 0 Å². The number of benzene rings is 1. The predicted molar refractivity (Wildman–Crippen MR) is 92.9 cm³/mol. The number of carbonyl (C=O) groups is 1. The van der Waals surface area contributed by atoms with Crippen LogP contribution in [-0.4, -0.2) is 20.8 Å². The van der Waals surface area contributed by atoms with Gasteiger partial charge in [-0.1, -0.05) is 30.3 Å². The lowest BCUT2D eigenvalue weighted by atomic mass is 10.1. The van der Waals surface area contributed by atoms with Gasteiger partial charge in [0.15, 0.2) is 10.9 Å². The van der Waals surface area contributed by atoms with Crippen molar-refractivity contribution in [3.05, 3.63) is 47.0 Å². The maximum absolute atomic E-state index is 12.1. The van der Waals surface area contributed by atoms with Crippen molar-refractivity contribution in [2.45, 2.75) is 13.8 Å². The van der Waals surface area contributed by atoms with E-state index in [1.807, 2.05) is 57.3 Å². The summed E-state index contributed by atoms with van der Waals surface area (Å²) >= 11 is 1.45. The first-order valence-electron chi connectivity index (χ1n) is 7.14. The quantitative estimate of drug-likeness (QED) is 0.768. The summed E-state index contributed by atoms with van der Waals surface area (Å²) in [5, 5.41) is 10.4. The van der Waals surface area contributed by atoms with Gasteiger partial charge < -0.3 is 0 Å². The van der Waals surface area contributed by atoms with Gasteiger partial charge in [-0.05, 0) is 19.4 Å². The molecule has 1 aromatic carbocycles. The Kier molecular flexibility index (Phi) is 4.12. The third kappa shape index (κ3) is 3.40. The Labute approximate surface area is 138 Å². The van der Waals surface area contributed by atoms with E-state index in [1.54, 1.807) is 4.68 Å². The number of thiazole rings is 1. The van der Waals surface area contributed by atoms with Crippen LogP contribution in [0.25, 0.3) is 11.3 Å². The van der Waals surface area contributed by atoms with E-state index >= 15 is 0 Å². The molecule has 0 radical (unpaired) electrons. The van der Waals surface area contributed by atoms with Crippen molar-refractivity contribution in [2.24, 2.45) is 7.05 Å². The van der Waals surface area contributed by atoms with Crippen LogP contribution in [0.5, 0.6) is 0 Å². The zero-order valence-corrected chi connectivity index (χ0v) is 13.9. The first-order valence-corrected chi connectivity index (χ1v) is 7.96. The number of aryl methyl sites for hydroxylation is 3. The fourth-order valence-corrected chi connectivity index (χ4v) is 2.99. The molecule has 0 unspecified atom stereocenters. The second-order valence-corrected chi connectivity index (χ2v) is 6.35. The molecule has 2 aromatic heterocycles. The molecule has 118 valence electrons. The van der Waals surface area contributed by atoms with Crippen LogP contribution in [0.15, 0.2) is 36.4 Å². The highest BCUT2D eigenvalue weighted by Crippen LogP contribution is 2.23. The molecule has 0 aliphatic rings. The molecule has 2 amide bonds. The van der Waals surface area contributed by atoms with Crippen molar-refractivity contribution < 1.29 is 4.79 Å². The highest BCUT2D eigenvalue weighted by atomic mass is 32.1. The zero-order valence-electron chi connectivity index (χ0n) is 13.1. The monoisotopic (exact) mass is 327 g/mol. The molecule has 0 saturated heterocycles. The van der Waals surface area contributed by atoms with E-state index in [9.17, 15) is 4.79 Å². The summed E-state index contributed by atoms with van der Waals surface area (Å²) in [6.45, 7) is 3.89. The fraction of sp³-hybridized carbons (Fsp3) is 0.188. The van der Waals surface area contributed by atoms with Crippen molar-refractivity contribution in [2.75, 3.05) is 10.6 Å². The van der Waals surface area contributed by atoms with Crippen molar-refractivity contribution >= 4 is 28.3 Å². The maximum atomic E-state index is 12.1. The third-order valence-electron chi connectivity index (χ3n) is 3.44. The Hall–Kier alpha value is -2.67. The van der Waals surface area contributed by atoms with Gasteiger partial charge in [0, 0.05) is 18.0 Å². The second-order valence-electron chi connectivity index (χ2n) is 5.14. The number of aromatic nitrogens is 3. The van der Waals surface area contributed by atoms with Crippen LogP contribution >= 0.6 is 11.3 Å². The Morgan fingerprint density at radius 1 is 1.17 bits per heavy atom. The number of hydrogen-bond acceptors (Lipinski definition) is 4. The van der Waals surface area contributed by atoms with Crippen LogP contribution in [0.1, 0.15) is 10.6 Å². The van der Waals surface area contributed by atoms with E-state index < -0.39 is 0 Å². The van der Waals surface area contributed by atoms with E-state index in [-0.39, 0.29) is 6.03 Å². The van der Waals surface area contributed by atoms with E-state index in [4.69, 9.17) is 0 Å². The SMILES string of the molecule is Cc1nc(NC(=O)Nc2cc(-c3ccccc3)n(C)n2)sc1C. The highest BCUT2D eigenvalue weighted by Gasteiger charge is 2.11. The van der Waals surface area contributed by atoms with Crippen LogP contribution in [0, 0.1) is 13.8 Å². The molecule has 6 nitrogen and oxygen atoms in total. The van der Waals surface area contributed by atoms with Gasteiger partial charge in [-0.3, -0.25) is 15.3 Å². The van der Waals surface area contributed by atoms with Gasteiger partial charge in [0.1, 0.15) is 0 Å². The largest absolute Gasteiger partial charge is 0.326 e. The number of carbonyl (C=O) groups excluding carboxylic acids is 1. The molecule has 0 saturated carbocycles. The third-order valence-corrected chi connectivity index (χ3v) is 4.43. The average Bonchev–Trinajstić information content (AvgIpc) is 3.02. The number of anilines is 2. The van der Waals surface area contributed by atoms with Crippen molar-refractivity contribution in [3.63, 3.8) is 0 Å². The van der Waals surface area contributed by atoms with Crippen LogP contribution in [0.2, 0.25) is 0 Å². The van der Waals surface area contributed by atoms with Gasteiger partial charge in [0.05, 0.1) is 11.4 Å². The topological polar surface area (TPSA) is 71.8 Å². The maximum Gasteiger partial charge on any atom is 0.326 e. The molecular formula is C16H17N5OS. The van der Waals surface area contributed by atoms with Gasteiger partial charge in [-0.15, -0.1) is 11.3 Å². The standard InChI is InChI=1S/C16H17N5OS/c1-10-11(2)23-16(17-10)19-15(22)18-14-9-13(21(3)20-14)12-7-5-4-6-8-12/h4-9H,1-3H3,(H2,17,18,19,20,22). The van der Waals surface area contributed by atoms with Crippen molar-refractivity contribution in [3.8, 4) is 11.3 Å². The lowest BCUT2D eigenvalue weighted by molar-refractivity contribution is 0.262. The Bertz CT molecular complexity index is 818. The number of amides is 2. The van der Waals surface area contributed by atoms with Gasteiger partial charge in [-0.25, -0.2) is 9.78 Å². The normalized spacial score (nSPS) is 10.6. The lowest BCUT2D eigenvalue weighted by Gasteiger charge is -2.01. The summed E-state index contributed by atoms with van der Waals surface area (Å²) in [6.07, 6.45) is 0. The summed E-state index contributed by atoms with van der Waals surface area (Å²) < 4.78 is 1.74. The summed E-state index contributed by atoms with van der Waals surface area (Å²) in [5.41, 5.74) is 2.90. The minimum atomic E-state index is -0.350. The molecule has 0 fully saturated rings. The molecule has 2 N–H and O–H groups in total. The second kappa shape index (κ2) is 6.21. The summed E-state index contributed by atoms with van der Waals surface area (Å²) in [6, 6.07) is 11.4. The minimum absolute atomic E-state index is 0.350. The summed E-state index contributed by atoms with van der Waals surface area (Å²) in [4.78, 5) is 17.4. The van der Waals surface area contributed by atoms with Crippen LogP contribution < -0.4 is 10.6 Å². The van der Waals surface area contributed by atoms with E-state index in [1.165, 1.54) is 11.3 Å². The Morgan fingerprint density at radius 3 is 2.57 bits per heavy atom. The molecule has 0 aliphatic heterocycles. The number of nitrogens with one attached hydrogen (secondary N) is 2. The lowest BCUT2D eigenvalue weighted by Crippen LogP contribution is -2.19. The van der Waals surface area contributed by atoms with Gasteiger partial charge in [-0.2, -0.15) is 5.10 Å². The molecule has 7 heteroatoms. The van der Waals surface area contributed by atoms with Crippen LogP contribution in [-0.2, 0) is 7.05 Å². The van der Waals surface area contributed by atoms with E-state index in [0.29, 0.717) is 10.9 Å². The van der Waals surface area contributed by atoms with Gasteiger partial charge >= 0.3 is 6.03 Å². The molecule has 2 heterocycles. The van der Waals surface area contributed by atoms with Crippen molar-refractivity contribution in [1.29, 1.82) is 0 Å². The van der Waals surface area contributed by atoms with Crippen molar-refractivity contribution in [1.82, 2.24) is 14.8 Å². The predicted octanol–water partition coefficient (Wildman–Crippen LogP) is 3.80. The molecular weight excluding hydrogens is 310 g/mol. The van der Waals surface area contributed by atoms with E-state index in [0.717, 1.165) is 21.8 Å². The Balaban J connectivity index is 1.72. The first kappa shape index (κ1) is 15.2. The molecule has 0 bridgehead atoms. The molecule has 0 spiro atoms. The number of rotatable bonds is 3.